The summed E-state index contributed by atoms with van der Waals surface area (Å²) in [4.78, 5) is 24.3. The third kappa shape index (κ3) is 3.82. The van der Waals surface area contributed by atoms with E-state index in [-0.39, 0.29) is 12.5 Å². The molecule has 0 bridgehead atoms. The molecule has 1 aromatic rings. The predicted octanol–water partition coefficient (Wildman–Crippen LogP) is 1.65. The zero-order chi connectivity index (χ0) is 13.5. The summed E-state index contributed by atoms with van der Waals surface area (Å²) in [6, 6.07) is 1.78. The van der Waals surface area contributed by atoms with E-state index >= 15 is 0 Å². The number of aryl methyl sites for hydroxylation is 1. The monoisotopic (exact) mass is 270 g/mol. The average molecular weight is 270 g/mol. The number of hydrogen-bond acceptors (Lipinski definition) is 5. The Kier molecular flexibility index (Phi) is 5.80. The summed E-state index contributed by atoms with van der Waals surface area (Å²) in [6.45, 7) is 4.28. The van der Waals surface area contributed by atoms with Gasteiger partial charge >= 0.3 is 5.97 Å². The van der Waals surface area contributed by atoms with Crippen LogP contribution in [-0.4, -0.2) is 32.1 Å². The Morgan fingerprint density at radius 3 is 2.67 bits per heavy atom. The second-order valence-electron chi connectivity index (χ2n) is 3.61. The molecule has 1 aromatic heterocycles. The molecule has 0 atom stereocenters. The Hall–Kier alpha value is -1.40. The standard InChI is InChI=1S/C12H18N2O3S/c1-4-8-6-9(12(16)17-5-2)11(18-8)14-10(15)7-13-3/h6,13H,4-5,7H2,1-3H3,(H,14,15). The van der Waals surface area contributed by atoms with Gasteiger partial charge in [0, 0.05) is 4.88 Å². The highest BCUT2D eigenvalue weighted by molar-refractivity contribution is 7.16. The lowest BCUT2D eigenvalue weighted by Gasteiger charge is -2.05. The third-order valence-corrected chi connectivity index (χ3v) is 3.41. The van der Waals surface area contributed by atoms with Gasteiger partial charge < -0.3 is 15.4 Å². The molecule has 1 rings (SSSR count). The van der Waals surface area contributed by atoms with Crippen LogP contribution < -0.4 is 10.6 Å². The zero-order valence-electron chi connectivity index (χ0n) is 10.8. The molecule has 0 saturated heterocycles. The second-order valence-corrected chi connectivity index (χ2v) is 4.74. The number of ether oxygens (including phenoxy) is 1. The lowest BCUT2D eigenvalue weighted by atomic mass is 10.2. The highest BCUT2D eigenvalue weighted by Gasteiger charge is 2.18. The molecule has 2 N–H and O–H groups in total. The topological polar surface area (TPSA) is 67.4 Å². The highest BCUT2D eigenvalue weighted by Crippen LogP contribution is 2.29. The van der Waals surface area contributed by atoms with E-state index in [9.17, 15) is 9.59 Å². The minimum Gasteiger partial charge on any atom is -0.462 e. The first kappa shape index (κ1) is 14.7. The minimum atomic E-state index is -0.395. The summed E-state index contributed by atoms with van der Waals surface area (Å²) < 4.78 is 4.97. The van der Waals surface area contributed by atoms with Crippen LogP contribution >= 0.6 is 11.3 Å². The van der Waals surface area contributed by atoms with Gasteiger partial charge in [0.25, 0.3) is 0 Å². The van der Waals surface area contributed by atoms with E-state index < -0.39 is 5.97 Å². The molecule has 0 aliphatic heterocycles. The summed E-state index contributed by atoms with van der Waals surface area (Å²) in [6.07, 6.45) is 0.818. The Balaban J connectivity index is 2.90. The molecule has 0 aliphatic rings. The van der Waals surface area contributed by atoms with Crippen molar-refractivity contribution in [1.29, 1.82) is 0 Å². The molecule has 18 heavy (non-hydrogen) atoms. The number of hydrogen-bond donors (Lipinski definition) is 2. The van der Waals surface area contributed by atoms with Crippen LogP contribution in [0.15, 0.2) is 6.07 Å². The van der Waals surface area contributed by atoms with Crippen LogP contribution in [0.1, 0.15) is 29.1 Å². The number of carbonyl (C=O) groups excluding carboxylic acids is 2. The van der Waals surface area contributed by atoms with Crippen LogP contribution in [-0.2, 0) is 16.0 Å². The Labute approximate surface area is 111 Å². The van der Waals surface area contributed by atoms with Gasteiger partial charge in [-0.1, -0.05) is 6.92 Å². The normalized spacial score (nSPS) is 10.2. The van der Waals surface area contributed by atoms with Crippen LogP contribution in [0, 0.1) is 0 Å². The average Bonchev–Trinajstić information content (AvgIpc) is 2.73. The van der Waals surface area contributed by atoms with Crippen molar-refractivity contribution in [3.8, 4) is 0 Å². The first-order valence-electron chi connectivity index (χ1n) is 5.86. The van der Waals surface area contributed by atoms with Crippen molar-refractivity contribution >= 4 is 28.2 Å². The van der Waals surface area contributed by atoms with E-state index in [4.69, 9.17) is 4.74 Å². The fourth-order valence-corrected chi connectivity index (χ4v) is 2.40. The van der Waals surface area contributed by atoms with Gasteiger partial charge in [-0.15, -0.1) is 11.3 Å². The molecule has 0 aromatic carbocycles. The number of likely N-dealkylation sites (N-methyl/N-ethyl adjacent to an activating group) is 1. The van der Waals surface area contributed by atoms with E-state index in [1.54, 1.807) is 20.0 Å². The van der Waals surface area contributed by atoms with E-state index in [1.165, 1.54) is 11.3 Å². The van der Waals surface area contributed by atoms with Crippen LogP contribution in [0.5, 0.6) is 0 Å². The van der Waals surface area contributed by atoms with Crippen LogP contribution in [0.3, 0.4) is 0 Å². The van der Waals surface area contributed by atoms with Crippen molar-refractivity contribution in [2.45, 2.75) is 20.3 Å². The molecule has 0 radical (unpaired) electrons. The van der Waals surface area contributed by atoms with Gasteiger partial charge in [-0.05, 0) is 26.5 Å². The highest BCUT2D eigenvalue weighted by atomic mass is 32.1. The molecule has 0 fully saturated rings. The number of rotatable bonds is 6. The Morgan fingerprint density at radius 1 is 1.39 bits per heavy atom. The number of anilines is 1. The van der Waals surface area contributed by atoms with Gasteiger partial charge in [0.15, 0.2) is 0 Å². The molecular weight excluding hydrogens is 252 g/mol. The number of amides is 1. The lowest BCUT2D eigenvalue weighted by Crippen LogP contribution is -2.25. The van der Waals surface area contributed by atoms with E-state index in [0.29, 0.717) is 17.2 Å². The molecule has 0 saturated carbocycles. The second kappa shape index (κ2) is 7.13. The SMILES string of the molecule is CCOC(=O)c1cc(CC)sc1NC(=O)CNC. The fraction of sp³-hybridized carbons (Fsp3) is 0.500. The van der Waals surface area contributed by atoms with Gasteiger partial charge in [0.1, 0.15) is 5.00 Å². The summed E-state index contributed by atoms with van der Waals surface area (Å²) >= 11 is 1.41. The van der Waals surface area contributed by atoms with Gasteiger partial charge in [0.05, 0.1) is 18.7 Å². The maximum Gasteiger partial charge on any atom is 0.341 e. The third-order valence-electron chi connectivity index (χ3n) is 2.22. The molecular formula is C12H18N2O3S. The molecule has 0 spiro atoms. The predicted molar refractivity (Wildman–Crippen MR) is 72.2 cm³/mol. The van der Waals surface area contributed by atoms with E-state index in [0.717, 1.165) is 11.3 Å². The summed E-state index contributed by atoms with van der Waals surface area (Å²) in [5.41, 5.74) is 0.433. The number of nitrogens with one attached hydrogen (secondary N) is 2. The summed E-state index contributed by atoms with van der Waals surface area (Å²) in [5, 5.41) is 6.04. The van der Waals surface area contributed by atoms with Crippen LogP contribution in [0.25, 0.3) is 0 Å². The number of carbonyl (C=O) groups is 2. The number of thiophene rings is 1. The van der Waals surface area contributed by atoms with Crippen molar-refractivity contribution < 1.29 is 14.3 Å². The molecule has 6 heteroatoms. The van der Waals surface area contributed by atoms with Crippen molar-refractivity contribution in [3.05, 3.63) is 16.5 Å². The van der Waals surface area contributed by atoms with Crippen molar-refractivity contribution in [2.24, 2.45) is 0 Å². The first-order valence-corrected chi connectivity index (χ1v) is 6.68. The van der Waals surface area contributed by atoms with Gasteiger partial charge in [-0.25, -0.2) is 4.79 Å². The zero-order valence-corrected chi connectivity index (χ0v) is 11.6. The minimum absolute atomic E-state index is 0.174. The Morgan fingerprint density at radius 2 is 2.11 bits per heavy atom. The molecule has 5 nitrogen and oxygen atoms in total. The number of esters is 1. The molecule has 1 heterocycles. The summed E-state index contributed by atoms with van der Waals surface area (Å²) in [7, 11) is 1.69. The van der Waals surface area contributed by atoms with Crippen molar-refractivity contribution in [3.63, 3.8) is 0 Å². The molecule has 0 aliphatic carbocycles. The van der Waals surface area contributed by atoms with Gasteiger partial charge in [-0.3, -0.25) is 4.79 Å². The maximum atomic E-state index is 11.8. The van der Waals surface area contributed by atoms with E-state index in [1.807, 2.05) is 6.92 Å². The molecule has 1 amide bonds. The molecule has 100 valence electrons. The van der Waals surface area contributed by atoms with Gasteiger partial charge in [-0.2, -0.15) is 0 Å². The maximum absolute atomic E-state index is 11.8. The van der Waals surface area contributed by atoms with Crippen LogP contribution in [0.4, 0.5) is 5.00 Å². The van der Waals surface area contributed by atoms with Gasteiger partial charge in [0.2, 0.25) is 5.91 Å². The van der Waals surface area contributed by atoms with Crippen molar-refractivity contribution in [1.82, 2.24) is 5.32 Å². The summed E-state index contributed by atoms with van der Waals surface area (Å²) in [5.74, 6) is -0.569. The molecule has 0 unspecified atom stereocenters. The van der Waals surface area contributed by atoms with Crippen molar-refractivity contribution in [2.75, 3.05) is 25.5 Å². The fourth-order valence-electron chi connectivity index (χ4n) is 1.40. The quantitative estimate of drug-likeness (QED) is 0.771. The first-order chi connectivity index (χ1) is 8.62. The van der Waals surface area contributed by atoms with Crippen LogP contribution in [0.2, 0.25) is 0 Å². The van der Waals surface area contributed by atoms with E-state index in [2.05, 4.69) is 10.6 Å². The Bertz CT molecular complexity index is 429. The smallest absolute Gasteiger partial charge is 0.341 e. The lowest BCUT2D eigenvalue weighted by molar-refractivity contribution is -0.115. The largest absolute Gasteiger partial charge is 0.462 e.